The first kappa shape index (κ1) is 8.52. The Hall–Kier alpha value is -0.0800. The van der Waals surface area contributed by atoms with Crippen LogP contribution in [0.1, 0.15) is 33.1 Å². The Bertz CT molecular complexity index is 173. The van der Waals surface area contributed by atoms with Gasteiger partial charge in [-0.25, -0.2) is 0 Å². The zero-order valence-corrected chi connectivity index (χ0v) is 7.92. The van der Waals surface area contributed by atoms with Crippen molar-refractivity contribution >= 4 is 0 Å². The van der Waals surface area contributed by atoms with Crippen LogP contribution < -0.4 is 0 Å². The molecule has 12 heavy (non-hydrogen) atoms. The third-order valence-corrected chi connectivity index (χ3v) is 3.56. The van der Waals surface area contributed by atoms with Crippen molar-refractivity contribution in [3.05, 3.63) is 0 Å². The molecule has 2 heteroatoms. The predicted octanol–water partition coefficient (Wildman–Crippen LogP) is 1.57. The quantitative estimate of drug-likeness (QED) is 0.647. The number of ether oxygens (including phenoxy) is 1. The third-order valence-electron chi connectivity index (χ3n) is 3.56. The molecule has 0 aromatic rings. The molecule has 1 spiro atoms. The fourth-order valence-electron chi connectivity index (χ4n) is 2.35. The summed E-state index contributed by atoms with van der Waals surface area (Å²) in [5, 5.41) is 10.0. The van der Waals surface area contributed by atoms with Crippen LogP contribution >= 0.6 is 0 Å². The summed E-state index contributed by atoms with van der Waals surface area (Å²) in [6.07, 6.45) is 3.16. The smallest absolute Gasteiger partial charge is 0.0944 e. The normalized spacial score (nSPS) is 39.0. The minimum atomic E-state index is -0.203. The van der Waals surface area contributed by atoms with Gasteiger partial charge in [0.15, 0.2) is 0 Å². The van der Waals surface area contributed by atoms with Crippen molar-refractivity contribution < 1.29 is 9.84 Å². The molecule has 2 atom stereocenters. The monoisotopic (exact) mass is 170 g/mol. The topological polar surface area (TPSA) is 29.5 Å². The Morgan fingerprint density at radius 3 is 2.33 bits per heavy atom. The second-order valence-corrected chi connectivity index (χ2v) is 4.58. The van der Waals surface area contributed by atoms with Gasteiger partial charge in [0.1, 0.15) is 0 Å². The molecular formula is C10H18O2. The lowest BCUT2D eigenvalue weighted by atomic mass is 9.72. The summed E-state index contributed by atoms with van der Waals surface area (Å²) in [5.74, 6) is 0.908. The van der Waals surface area contributed by atoms with Crippen LogP contribution in [0, 0.1) is 11.8 Å². The van der Waals surface area contributed by atoms with Gasteiger partial charge in [0, 0.05) is 5.92 Å². The lowest BCUT2D eigenvalue weighted by Crippen LogP contribution is -2.47. The molecule has 0 aromatic carbocycles. The van der Waals surface area contributed by atoms with Gasteiger partial charge >= 0.3 is 0 Å². The number of rotatable bonds is 1. The first-order chi connectivity index (χ1) is 5.66. The van der Waals surface area contributed by atoms with E-state index in [0.29, 0.717) is 11.8 Å². The molecule has 0 radical (unpaired) electrons. The van der Waals surface area contributed by atoms with Crippen molar-refractivity contribution in [3.8, 4) is 0 Å². The molecule has 1 saturated carbocycles. The second kappa shape index (κ2) is 2.71. The summed E-state index contributed by atoms with van der Waals surface area (Å²) in [7, 11) is 0. The van der Waals surface area contributed by atoms with E-state index in [0.717, 1.165) is 19.4 Å². The van der Waals surface area contributed by atoms with Crippen molar-refractivity contribution in [2.45, 2.75) is 44.8 Å². The fraction of sp³-hybridized carbons (Fsp3) is 1.00. The van der Waals surface area contributed by atoms with E-state index < -0.39 is 0 Å². The summed E-state index contributed by atoms with van der Waals surface area (Å²) < 4.78 is 5.71. The maximum absolute atomic E-state index is 10.0. The molecule has 2 rings (SSSR count). The van der Waals surface area contributed by atoms with Crippen molar-refractivity contribution in [1.29, 1.82) is 0 Å². The molecule has 2 nitrogen and oxygen atoms in total. The third kappa shape index (κ3) is 1.01. The first-order valence-electron chi connectivity index (χ1n) is 4.98. The number of hydrogen-bond acceptors (Lipinski definition) is 2. The summed E-state index contributed by atoms with van der Waals surface area (Å²) in [6.45, 7) is 5.09. The zero-order chi connectivity index (χ0) is 8.77. The van der Waals surface area contributed by atoms with E-state index in [2.05, 4.69) is 13.8 Å². The van der Waals surface area contributed by atoms with Gasteiger partial charge in [0.05, 0.1) is 18.3 Å². The van der Waals surface area contributed by atoms with Gasteiger partial charge in [0.25, 0.3) is 0 Å². The van der Waals surface area contributed by atoms with E-state index in [9.17, 15) is 5.11 Å². The summed E-state index contributed by atoms with van der Waals surface area (Å²) in [4.78, 5) is 0. The van der Waals surface area contributed by atoms with Gasteiger partial charge in [-0.1, -0.05) is 13.8 Å². The molecule has 1 saturated heterocycles. The maximum Gasteiger partial charge on any atom is 0.0944 e. The lowest BCUT2D eigenvalue weighted by Gasteiger charge is -2.40. The van der Waals surface area contributed by atoms with Crippen LogP contribution in [0.4, 0.5) is 0 Å². The van der Waals surface area contributed by atoms with Crippen molar-refractivity contribution in [3.63, 3.8) is 0 Å². The van der Waals surface area contributed by atoms with Gasteiger partial charge in [-0.2, -0.15) is 0 Å². The van der Waals surface area contributed by atoms with Crippen molar-refractivity contribution in [2.75, 3.05) is 6.61 Å². The Labute approximate surface area is 73.9 Å². The highest BCUT2D eigenvalue weighted by Gasteiger charge is 2.53. The molecule has 0 amide bonds. The van der Waals surface area contributed by atoms with Crippen LogP contribution in [-0.2, 0) is 4.74 Å². The lowest BCUT2D eigenvalue weighted by molar-refractivity contribution is -0.112. The summed E-state index contributed by atoms with van der Waals surface area (Å²) in [6, 6.07) is 0. The standard InChI is InChI=1S/C10H18O2/c1-7(2)8-6-12-10(9(8)11)4-3-5-10/h7-9,11H,3-6H2,1-2H3. The highest BCUT2D eigenvalue weighted by atomic mass is 16.5. The Morgan fingerprint density at radius 1 is 1.42 bits per heavy atom. The molecule has 70 valence electrons. The van der Waals surface area contributed by atoms with Crippen molar-refractivity contribution in [1.82, 2.24) is 0 Å². The molecule has 2 aliphatic rings. The fourth-order valence-corrected chi connectivity index (χ4v) is 2.35. The number of aliphatic hydroxyl groups is 1. The van der Waals surface area contributed by atoms with E-state index in [4.69, 9.17) is 4.74 Å². The minimum absolute atomic E-state index is 0.116. The average Bonchev–Trinajstić information content (AvgIpc) is 2.25. The maximum atomic E-state index is 10.0. The molecule has 0 bridgehead atoms. The molecule has 1 aliphatic heterocycles. The number of hydrogen-bond donors (Lipinski definition) is 1. The van der Waals surface area contributed by atoms with Gasteiger partial charge in [-0.3, -0.25) is 0 Å². The van der Waals surface area contributed by atoms with Gasteiger partial charge in [-0.15, -0.1) is 0 Å². The van der Waals surface area contributed by atoms with Gasteiger partial charge in [0.2, 0.25) is 0 Å². The Kier molecular flexibility index (Phi) is 1.92. The highest BCUT2D eigenvalue weighted by molar-refractivity contribution is 5.03. The SMILES string of the molecule is CC(C)C1COC2(CCC2)C1O. The molecule has 0 aromatic heterocycles. The largest absolute Gasteiger partial charge is 0.390 e. The van der Waals surface area contributed by atoms with E-state index >= 15 is 0 Å². The minimum Gasteiger partial charge on any atom is -0.390 e. The zero-order valence-electron chi connectivity index (χ0n) is 7.92. The van der Waals surface area contributed by atoms with E-state index in [1.165, 1.54) is 6.42 Å². The van der Waals surface area contributed by atoms with Crippen LogP contribution in [0.15, 0.2) is 0 Å². The Morgan fingerprint density at radius 2 is 2.08 bits per heavy atom. The molecule has 1 N–H and O–H groups in total. The highest BCUT2D eigenvalue weighted by Crippen LogP contribution is 2.47. The van der Waals surface area contributed by atoms with Crippen LogP contribution in [0.2, 0.25) is 0 Å². The van der Waals surface area contributed by atoms with Gasteiger partial charge in [-0.05, 0) is 25.2 Å². The molecule has 1 heterocycles. The predicted molar refractivity (Wildman–Crippen MR) is 46.9 cm³/mol. The first-order valence-corrected chi connectivity index (χ1v) is 4.98. The van der Waals surface area contributed by atoms with Crippen LogP contribution in [0.3, 0.4) is 0 Å². The van der Waals surface area contributed by atoms with E-state index in [1.54, 1.807) is 0 Å². The second-order valence-electron chi connectivity index (χ2n) is 4.58. The summed E-state index contributed by atoms with van der Waals surface area (Å²) in [5.41, 5.74) is -0.116. The van der Waals surface area contributed by atoms with Crippen LogP contribution in [-0.4, -0.2) is 23.4 Å². The van der Waals surface area contributed by atoms with E-state index in [-0.39, 0.29) is 11.7 Å². The molecular weight excluding hydrogens is 152 g/mol. The van der Waals surface area contributed by atoms with Crippen LogP contribution in [0.5, 0.6) is 0 Å². The van der Waals surface area contributed by atoms with Crippen molar-refractivity contribution in [2.24, 2.45) is 11.8 Å². The molecule has 2 fully saturated rings. The molecule has 1 aliphatic carbocycles. The Balaban J connectivity index is 2.06. The van der Waals surface area contributed by atoms with Crippen LogP contribution in [0.25, 0.3) is 0 Å². The van der Waals surface area contributed by atoms with Gasteiger partial charge < -0.3 is 9.84 Å². The summed E-state index contributed by atoms with van der Waals surface area (Å²) >= 11 is 0. The molecule has 2 unspecified atom stereocenters. The van der Waals surface area contributed by atoms with E-state index in [1.807, 2.05) is 0 Å². The number of aliphatic hydroxyl groups excluding tert-OH is 1. The average molecular weight is 170 g/mol.